The lowest BCUT2D eigenvalue weighted by Crippen LogP contribution is -2.42. The molecule has 1 aromatic heterocycles. The lowest BCUT2D eigenvalue weighted by molar-refractivity contribution is -0.0498. The van der Waals surface area contributed by atoms with E-state index in [2.05, 4.69) is 22.3 Å². The van der Waals surface area contributed by atoms with E-state index in [-0.39, 0.29) is 34.4 Å². The fourth-order valence-corrected chi connectivity index (χ4v) is 3.27. The van der Waals surface area contributed by atoms with Gasteiger partial charge in [0, 0.05) is 11.4 Å². The molecule has 0 bridgehead atoms. The Balaban J connectivity index is 0.00000242. The first-order valence-electron chi connectivity index (χ1n) is 6.94. The summed E-state index contributed by atoms with van der Waals surface area (Å²) in [6.45, 7) is 3.37. The molecule has 2 heterocycles. The molecular weight excluding hydrogens is 334 g/mol. The molecule has 0 unspecified atom stereocenters. The summed E-state index contributed by atoms with van der Waals surface area (Å²) in [6, 6.07) is 1.47. The van der Waals surface area contributed by atoms with Gasteiger partial charge in [-0.1, -0.05) is 6.92 Å². The first-order valence-corrected chi connectivity index (χ1v) is 7.75. The van der Waals surface area contributed by atoms with Crippen molar-refractivity contribution in [1.82, 2.24) is 10.6 Å². The van der Waals surface area contributed by atoms with Gasteiger partial charge >= 0.3 is 6.61 Å². The Kier molecular flexibility index (Phi) is 7.02. The largest absolute Gasteiger partial charge is 0.433 e. The number of alkyl halides is 2. The highest BCUT2D eigenvalue weighted by molar-refractivity contribution is 7.14. The topological polar surface area (TPSA) is 50.4 Å². The minimum atomic E-state index is -2.92. The molecule has 1 fully saturated rings. The van der Waals surface area contributed by atoms with Gasteiger partial charge in [-0.05, 0) is 44.3 Å². The lowest BCUT2D eigenvalue weighted by atomic mass is 9.81. The number of halogens is 3. The van der Waals surface area contributed by atoms with Crippen LogP contribution < -0.4 is 15.4 Å². The third-order valence-corrected chi connectivity index (χ3v) is 4.76. The van der Waals surface area contributed by atoms with Gasteiger partial charge in [0.2, 0.25) is 0 Å². The van der Waals surface area contributed by atoms with Crippen LogP contribution in [0.5, 0.6) is 5.75 Å². The van der Waals surface area contributed by atoms with Crippen molar-refractivity contribution in [2.45, 2.75) is 33.3 Å². The average Bonchev–Trinajstić information content (AvgIpc) is 2.77. The van der Waals surface area contributed by atoms with Crippen LogP contribution >= 0.6 is 23.7 Å². The Morgan fingerprint density at radius 1 is 1.50 bits per heavy atom. The molecule has 2 N–H and O–H groups in total. The summed E-state index contributed by atoms with van der Waals surface area (Å²) in [7, 11) is 0. The van der Waals surface area contributed by atoms with Crippen LogP contribution in [0.25, 0.3) is 0 Å². The molecule has 1 aliphatic heterocycles. The summed E-state index contributed by atoms with van der Waals surface area (Å²) in [6.07, 6.45) is 1.97. The smallest absolute Gasteiger partial charge is 0.387 e. The SMILES string of the molecule is Cc1cc(OC(F)F)c(C(=O)NCC2(C)CCNCC2)s1.Cl. The van der Waals surface area contributed by atoms with Gasteiger partial charge in [-0.3, -0.25) is 4.79 Å². The number of ether oxygens (including phenoxy) is 1. The van der Waals surface area contributed by atoms with Crippen molar-refractivity contribution >= 4 is 29.7 Å². The van der Waals surface area contributed by atoms with Crippen molar-refractivity contribution < 1.29 is 18.3 Å². The van der Waals surface area contributed by atoms with Crippen LogP contribution in [-0.4, -0.2) is 32.2 Å². The van der Waals surface area contributed by atoms with E-state index in [0.29, 0.717) is 6.54 Å². The molecule has 0 saturated carbocycles. The molecule has 4 nitrogen and oxygen atoms in total. The molecule has 22 heavy (non-hydrogen) atoms. The Morgan fingerprint density at radius 3 is 2.73 bits per heavy atom. The predicted molar refractivity (Wildman–Crippen MR) is 85.5 cm³/mol. The normalized spacial score (nSPS) is 17.0. The lowest BCUT2D eigenvalue weighted by Gasteiger charge is -2.34. The number of hydrogen-bond acceptors (Lipinski definition) is 4. The molecule has 0 radical (unpaired) electrons. The van der Waals surface area contributed by atoms with Gasteiger partial charge in [-0.25, -0.2) is 0 Å². The maximum Gasteiger partial charge on any atom is 0.387 e. The number of hydrogen-bond donors (Lipinski definition) is 2. The standard InChI is InChI=1S/C14H20F2N2O2S.ClH/c1-9-7-10(20-13(15)16)11(21-9)12(19)18-8-14(2)3-5-17-6-4-14;/h7,13,17H,3-6,8H2,1-2H3,(H,18,19);1H. The zero-order chi connectivity index (χ0) is 15.5. The number of thiophene rings is 1. The molecule has 1 aliphatic rings. The summed E-state index contributed by atoms with van der Waals surface area (Å²) >= 11 is 1.17. The number of rotatable bonds is 5. The molecule has 0 aliphatic carbocycles. The molecule has 126 valence electrons. The van der Waals surface area contributed by atoms with E-state index >= 15 is 0 Å². The number of carbonyl (C=O) groups is 1. The van der Waals surface area contributed by atoms with Gasteiger partial charge in [0.1, 0.15) is 10.6 Å². The quantitative estimate of drug-likeness (QED) is 0.853. The Labute approximate surface area is 139 Å². The zero-order valence-corrected chi connectivity index (χ0v) is 14.2. The highest BCUT2D eigenvalue weighted by atomic mass is 35.5. The molecule has 0 atom stereocenters. The van der Waals surface area contributed by atoms with Crippen LogP contribution in [-0.2, 0) is 0 Å². The van der Waals surface area contributed by atoms with Crippen LogP contribution in [0.1, 0.15) is 34.3 Å². The van der Waals surface area contributed by atoms with E-state index in [1.54, 1.807) is 6.92 Å². The van der Waals surface area contributed by atoms with Crippen LogP contribution in [0.4, 0.5) is 8.78 Å². The Morgan fingerprint density at radius 2 is 2.14 bits per heavy atom. The minimum absolute atomic E-state index is 0. The van der Waals surface area contributed by atoms with Gasteiger partial charge in [-0.15, -0.1) is 23.7 Å². The van der Waals surface area contributed by atoms with E-state index in [1.165, 1.54) is 17.4 Å². The summed E-state index contributed by atoms with van der Waals surface area (Å²) in [4.78, 5) is 13.2. The second kappa shape index (κ2) is 8.08. The molecular formula is C14H21ClF2N2O2S. The number of aryl methyl sites for hydroxylation is 1. The average molecular weight is 355 g/mol. The first-order chi connectivity index (χ1) is 9.89. The minimum Gasteiger partial charge on any atom is -0.433 e. The third kappa shape index (κ3) is 5.07. The van der Waals surface area contributed by atoms with Crippen molar-refractivity contribution in [1.29, 1.82) is 0 Å². The monoisotopic (exact) mass is 354 g/mol. The zero-order valence-electron chi connectivity index (χ0n) is 12.6. The third-order valence-electron chi connectivity index (χ3n) is 3.73. The van der Waals surface area contributed by atoms with Gasteiger partial charge in [0.15, 0.2) is 0 Å². The fraction of sp³-hybridized carbons (Fsp3) is 0.643. The summed E-state index contributed by atoms with van der Waals surface area (Å²) in [5.41, 5.74) is 0.0525. The van der Waals surface area contributed by atoms with Crippen molar-refractivity contribution in [2.24, 2.45) is 5.41 Å². The number of piperidine rings is 1. The Bertz CT molecular complexity index is 505. The van der Waals surface area contributed by atoms with Gasteiger partial charge in [-0.2, -0.15) is 8.78 Å². The first kappa shape index (κ1) is 19.1. The number of nitrogens with one attached hydrogen (secondary N) is 2. The molecule has 0 aromatic carbocycles. The summed E-state index contributed by atoms with van der Waals surface area (Å²) in [5, 5.41) is 6.13. The van der Waals surface area contributed by atoms with E-state index in [0.717, 1.165) is 30.8 Å². The van der Waals surface area contributed by atoms with E-state index < -0.39 is 6.61 Å². The van der Waals surface area contributed by atoms with Gasteiger partial charge < -0.3 is 15.4 Å². The van der Waals surface area contributed by atoms with E-state index in [9.17, 15) is 13.6 Å². The maximum absolute atomic E-state index is 12.4. The van der Waals surface area contributed by atoms with Crippen molar-refractivity contribution in [3.05, 3.63) is 15.8 Å². The second-order valence-corrected chi connectivity index (χ2v) is 6.93. The van der Waals surface area contributed by atoms with Crippen LogP contribution in [0.15, 0.2) is 6.07 Å². The van der Waals surface area contributed by atoms with Crippen molar-refractivity contribution in [2.75, 3.05) is 19.6 Å². The van der Waals surface area contributed by atoms with Crippen LogP contribution in [0.2, 0.25) is 0 Å². The fourth-order valence-electron chi connectivity index (χ4n) is 2.41. The molecule has 1 amide bonds. The summed E-state index contributed by atoms with van der Waals surface area (Å²) in [5.74, 6) is -0.385. The van der Waals surface area contributed by atoms with Crippen LogP contribution in [0.3, 0.4) is 0 Å². The Hall–Kier alpha value is -0.920. The van der Waals surface area contributed by atoms with Gasteiger partial charge in [0.05, 0.1) is 0 Å². The number of amides is 1. The van der Waals surface area contributed by atoms with Crippen LogP contribution in [0, 0.1) is 12.3 Å². The molecule has 0 spiro atoms. The predicted octanol–water partition coefficient (Wildman–Crippen LogP) is 3.20. The second-order valence-electron chi connectivity index (χ2n) is 5.67. The highest BCUT2D eigenvalue weighted by Gasteiger charge is 2.28. The van der Waals surface area contributed by atoms with Crippen molar-refractivity contribution in [3.63, 3.8) is 0 Å². The summed E-state index contributed by atoms with van der Waals surface area (Å²) < 4.78 is 29.1. The maximum atomic E-state index is 12.4. The number of carbonyl (C=O) groups excluding carboxylic acids is 1. The van der Waals surface area contributed by atoms with Crippen molar-refractivity contribution in [3.8, 4) is 5.75 Å². The molecule has 2 rings (SSSR count). The highest BCUT2D eigenvalue weighted by Crippen LogP contribution is 2.31. The van der Waals surface area contributed by atoms with E-state index in [1.807, 2.05) is 0 Å². The van der Waals surface area contributed by atoms with E-state index in [4.69, 9.17) is 0 Å². The van der Waals surface area contributed by atoms with Gasteiger partial charge in [0.25, 0.3) is 5.91 Å². The molecule has 1 aromatic rings. The molecule has 8 heteroatoms. The molecule has 1 saturated heterocycles.